The van der Waals surface area contributed by atoms with Gasteiger partial charge in [-0.15, -0.1) is 0 Å². The van der Waals surface area contributed by atoms with E-state index in [2.05, 4.69) is 293 Å². The summed E-state index contributed by atoms with van der Waals surface area (Å²) in [5.74, 6) is 0. The van der Waals surface area contributed by atoms with Gasteiger partial charge in [-0.1, -0.05) is 244 Å². The summed E-state index contributed by atoms with van der Waals surface area (Å²) >= 11 is 7.91. The number of halogens is 2. The standard InChI is InChI=1S/C62H43Br2O2PSi2/c63-46-36-38-55-44(40-46)42-57(68(49-24-10-2-11-25-49,50-26-12-3-13-27-50)51-28-14-4-15-29-51)61-59(55)60-56-39-37-47(64)41-45(56)43-58(62(60)66-67(65-61)48-22-8-1-9-23-48)69(52-30-16-5-17-31-52,53-32-18-6-19-33-53)54-34-20-7-21-35-54/h1-43H/p+1. The molecule has 12 rings (SSSR count). The van der Waals surface area contributed by atoms with E-state index >= 15 is 0 Å². The van der Waals surface area contributed by atoms with E-state index in [1.165, 1.54) is 41.5 Å². The zero-order valence-electron chi connectivity index (χ0n) is 37.4. The molecule has 0 saturated carbocycles. The highest BCUT2D eigenvalue weighted by molar-refractivity contribution is 9.10. The summed E-state index contributed by atoms with van der Waals surface area (Å²) in [6, 6.07) is 96.4. The molecule has 0 radical (unpaired) electrons. The van der Waals surface area contributed by atoms with Crippen LogP contribution in [-0.4, -0.2) is 16.1 Å². The number of fused-ring (bicyclic) bond motifs is 7. The molecule has 0 aliphatic rings. The minimum Gasteiger partial charge on any atom is -0.522 e. The van der Waals surface area contributed by atoms with E-state index in [0.717, 1.165) is 57.7 Å². The van der Waals surface area contributed by atoms with E-state index in [4.69, 9.17) is 8.39 Å². The van der Waals surface area contributed by atoms with E-state index in [-0.39, 0.29) is 0 Å². The topological polar surface area (TPSA) is 25.9 Å². The maximum absolute atomic E-state index is 8.05. The number of rotatable bonds is 9. The molecule has 0 saturated heterocycles. The molecular formula is C62H44Br2O2PSi2+. The minimum absolute atomic E-state index is 0.887. The molecule has 1 N–H and O–H groups in total. The van der Waals surface area contributed by atoms with E-state index in [9.17, 15) is 0 Å². The lowest BCUT2D eigenvalue weighted by molar-refractivity contribution is 0.653. The van der Waals surface area contributed by atoms with Crippen LogP contribution in [0.2, 0.25) is 0 Å². The fourth-order valence-corrected chi connectivity index (χ4v) is 23.1. The van der Waals surface area contributed by atoms with Crippen LogP contribution >= 0.6 is 39.9 Å². The molecule has 0 bridgehead atoms. The van der Waals surface area contributed by atoms with Crippen molar-refractivity contribution in [2.75, 3.05) is 0 Å². The third-order valence-corrected chi connectivity index (χ3v) is 25.8. The quantitative estimate of drug-likeness (QED) is 0.0804. The second-order valence-corrected chi connectivity index (χ2v) is 28.3. The molecule has 7 heteroatoms. The average Bonchev–Trinajstić information content (AvgIpc) is 3.60. The van der Waals surface area contributed by atoms with E-state index in [1.807, 2.05) is 0 Å². The molecule has 330 valence electrons. The second-order valence-electron chi connectivity index (χ2n) is 17.5. The molecule has 1 atom stereocenters. The van der Waals surface area contributed by atoms with Crippen molar-refractivity contribution in [1.29, 1.82) is 0 Å². The lowest BCUT2D eigenvalue weighted by atomic mass is 9.98. The van der Waals surface area contributed by atoms with Crippen molar-refractivity contribution < 1.29 is 8.39 Å². The molecule has 12 aromatic rings. The number of hydrogen-bond donors (Lipinski definition) is 0. The molecule has 2 nitrogen and oxygen atoms in total. The summed E-state index contributed by atoms with van der Waals surface area (Å²) in [5.41, 5.74) is 1.87. The molecule has 0 aliphatic heterocycles. The van der Waals surface area contributed by atoms with Crippen LogP contribution in [0.5, 0.6) is 0 Å². The Hall–Kier alpha value is -6.77. The molecule has 1 unspecified atom stereocenters. The van der Waals surface area contributed by atoms with Gasteiger partial charge in [0.1, 0.15) is 5.30 Å². The highest BCUT2D eigenvalue weighted by Gasteiger charge is 2.47. The Morgan fingerprint density at radius 1 is 0.348 bits per heavy atom. The molecular weight excluding hydrogens is 1020 g/mol. The molecule has 69 heavy (non-hydrogen) atoms. The highest BCUT2D eigenvalue weighted by atomic mass is 79.9. The van der Waals surface area contributed by atoms with Gasteiger partial charge in [-0.25, -0.2) is 0 Å². The molecule has 1 aromatic heterocycles. The lowest BCUT2D eigenvalue weighted by Gasteiger charge is -2.34. The van der Waals surface area contributed by atoms with E-state index in [0.29, 0.717) is 0 Å². The Morgan fingerprint density at radius 3 is 1.07 bits per heavy atom. The van der Waals surface area contributed by atoms with Crippen molar-refractivity contribution >= 4 is 141 Å². The van der Waals surface area contributed by atoms with Crippen molar-refractivity contribution in [3.05, 3.63) is 270 Å². The zero-order valence-corrected chi connectivity index (χ0v) is 43.5. The fourth-order valence-electron chi connectivity index (χ4n) is 10.9. The first-order valence-electron chi connectivity index (χ1n) is 23.2. The first-order valence-corrected chi connectivity index (χ1v) is 30.0. The Labute approximate surface area is 421 Å². The predicted octanol–water partition coefficient (Wildman–Crippen LogP) is 13.0. The van der Waals surface area contributed by atoms with Crippen LogP contribution < -0.4 is 41.5 Å². The summed E-state index contributed by atoms with van der Waals surface area (Å²) in [5, 5.41) is 17.8. The van der Waals surface area contributed by atoms with Gasteiger partial charge < -0.3 is 4.20 Å². The van der Waals surface area contributed by atoms with Crippen LogP contribution in [0.25, 0.3) is 48.8 Å². The van der Waals surface area contributed by atoms with Gasteiger partial charge >= 0.3 is 8.01 Å². The molecule has 0 spiro atoms. The van der Waals surface area contributed by atoms with Gasteiger partial charge in [0, 0.05) is 19.3 Å². The van der Waals surface area contributed by atoms with Crippen molar-refractivity contribution in [3.8, 4) is 5.30 Å². The Kier molecular flexibility index (Phi) is 11.5. The molecule has 11 aromatic carbocycles. The normalized spacial score (nSPS) is 12.2. The van der Waals surface area contributed by atoms with Gasteiger partial charge in [0.15, 0.2) is 21.7 Å². The highest BCUT2D eigenvalue weighted by Crippen LogP contribution is 2.46. The summed E-state index contributed by atoms with van der Waals surface area (Å²) in [7, 11) is -8.15. The van der Waals surface area contributed by atoms with E-state index < -0.39 is 24.2 Å². The monoisotopic (exact) mass is 1070 g/mol. The van der Waals surface area contributed by atoms with Crippen molar-refractivity contribution in [1.82, 2.24) is 0 Å². The Balaban J connectivity index is 1.42. The van der Waals surface area contributed by atoms with Gasteiger partial charge in [-0.3, -0.25) is 4.20 Å². The lowest BCUT2D eigenvalue weighted by Crippen LogP contribution is -2.75. The third kappa shape index (κ3) is 7.33. The van der Waals surface area contributed by atoms with Gasteiger partial charge in [0.2, 0.25) is 0 Å². The van der Waals surface area contributed by atoms with Crippen molar-refractivity contribution in [2.24, 2.45) is 0 Å². The molecule has 1 heterocycles. The van der Waals surface area contributed by atoms with Gasteiger partial charge in [0.05, 0.1) is 10.8 Å². The second kappa shape index (κ2) is 18.3. The maximum atomic E-state index is 8.05. The van der Waals surface area contributed by atoms with Crippen LogP contribution in [0.15, 0.2) is 278 Å². The van der Waals surface area contributed by atoms with Crippen LogP contribution in [0.4, 0.5) is 0 Å². The fraction of sp³-hybridized carbons (Fsp3) is 0. The molecule has 0 fully saturated rings. The number of hydrogen-bond acceptors (Lipinski definition) is 1. The molecule has 0 amide bonds. The van der Waals surface area contributed by atoms with Crippen LogP contribution in [0.3, 0.4) is 0 Å². The molecule has 0 aliphatic carbocycles. The largest absolute Gasteiger partial charge is 0.522 e. The predicted molar refractivity (Wildman–Crippen MR) is 306 cm³/mol. The van der Waals surface area contributed by atoms with Gasteiger partial charge in [-0.05, 0) is 101 Å². The average molecular weight is 1070 g/mol. The third-order valence-electron chi connectivity index (χ3n) is 13.8. The summed E-state index contributed by atoms with van der Waals surface area (Å²) in [6.07, 6.45) is 0. The SMILES string of the molecule is Brc1ccc2c(c1)cc([Si](c1ccccc1)(c1ccccc1)c1ccccc1)c1op(-c3ccccc3)[oH+]c3c([Si](c4ccccc4)(c4ccccc4)c4ccccc4)cc4cc(Br)ccc4c3c12. The maximum Gasteiger partial charge on any atom is 0.453 e. The minimum atomic E-state index is -3.24. The van der Waals surface area contributed by atoms with Crippen molar-refractivity contribution in [3.63, 3.8) is 0 Å². The van der Waals surface area contributed by atoms with Crippen molar-refractivity contribution in [2.45, 2.75) is 0 Å². The zero-order chi connectivity index (χ0) is 46.4. The summed E-state index contributed by atoms with van der Waals surface area (Å²) < 4.78 is 16.3. The first kappa shape index (κ1) is 43.5. The van der Waals surface area contributed by atoms with Gasteiger partial charge in [0.25, 0.3) is 5.58 Å². The van der Waals surface area contributed by atoms with Crippen LogP contribution in [0.1, 0.15) is 0 Å². The Morgan fingerprint density at radius 2 is 0.681 bits per heavy atom. The van der Waals surface area contributed by atoms with E-state index in [1.54, 1.807) is 0 Å². The summed E-state index contributed by atoms with van der Waals surface area (Å²) in [4.78, 5) is 0. The first-order chi connectivity index (χ1) is 34.0. The summed E-state index contributed by atoms with van der Waals surface area (Å²) in [6.45, 7) is 0. The van der Waals surface area contributed by atoms with Crippen LogP contribution in [0, 0.1) is 0 Å². The smallest absolute Gasteiger partial charge is 0.453 e. The number of benzene rings is 11. The Bertz CT molecular complexity index is 3420. The van der Waals surface area contributed by atoms with Gasteiger partial charge in [-0.2, -0.15) is 0 Å². The van der Waals surface area contributed by atoms with Crippen LogP contribution in [-0.2, 0) is 0 Å².